The monoisotopic (exact) mass is 320 g/mol. The third-order valence-corrected chi connectivity index (χ3v) is 4.70. The van der Waals surface area contributed by atoms with Gasteiger partial charge in [-0.2, -0.15) is 0 Å². The molecule has 0 heterocycles. The minimum Gasteiger partial charge on any atom is -0.326 e. The number of hydrogen-bond acceptors (Lipinski definition) is 3. The standard InChI is InChI=1S/C11H17BrN2O2S/c1-11(2,3)14-17(15,16)10-5-4-8(7-13)6-9(10)12/h4-6,14H,7,13H2,1-3H3. The molecule has 0 aromatic heterocycles. The van der Waals surface area contributed by atoms with Crippen molar-refractivity contribution in [3.8, 4) is 0 Å². The first kappa shape index (κ1) is 14.6. The molecular weight excluding hydrogens is 304 g/mol. The van der Waals surface area contributed by atoms with Gasteiger partial charge in [0.15, 0.2) is 0 Å². The third-order valence-electron chi connectivity index (χ3n) is 1.96. The van der Waals surface area contributed by atoms with Crippen LogP contribution in [0.1, 0.15) is 26.3 Å². The number of rotatable bonds is 3. The van der Waals surface area contributed by atoms with Crippen molar-refractivity contribution in [1.82, 2.24) is 4.72 Å². The fourth-order valence-corrected chi connectivity index (χ4v) is 3.89. The number of sulfonamides is 1. The van der Waals surface area contributed by atoms with Crippen LogP contribution in [0.5, 0.6) is 0 Å². The molecule has 0 aliphatic heterocycles. The highest BCUT2D eigenvalue weighted by Crippen LogP contribution is 2.24. The Balaban J connectivity index is 3.16. The average molecular weight is 321 g/mol. The van der Waals surface area contributed by atoms with Crippen molar-refractivity contribution in [2.75, 3.05) is 0 Å². The predicted octanol–water partition coefficient (Wildman–Crippen LogP) is 1.98. The van der Waals surface area contributed by atoms with Gasteiger partial charge in [-0.1, -0.05) is 6.07 Å². The molecule has 0 saturated heterocycles. The normalized spacial score (nSPS) is 12.8. The zero-order valence-corrected chi connectivity index (χ0v) is 12.5. The lowest BCUT2D eigenvalue weighted by atomic mass is 10.1. The SMILES string of the molecule is CC(C)(C)NS(=O)(=O)c1ccc(CN)cc1Br. The van der Waals surface area contributed by atoms with Gasteiger partial charge in [-0.25, -0.2) is 13.1 Å². The van der Waals surface area contributed by atoms with Gasteiger partial charge < -0.3 is 5.73 Å². The highest BCUT2D eigenvalue weighted by molar-refractivity contribution is 9.10. The third kappa shape index (κ3) is 4.06. The van der Waals surface area contributed by atoms with Gasteiger partial charge in [-0.3, -0.25) is 0 Å². The minimum atomic E-state index is -3.51. The summed E-state index contributed by atoms with van der Waals surface area (Å²) in [6.07, 6.45) is 0. The molecule has 0 spiro atoms. The van der Waals surface area contributed by atoms with E-state index < -0.39 is 15.6 Å². The molecule has 1 aromatic carbocycles. The molecule has 0 amide bonds. The first-order valence-corrected chi connectivity index (χ1v) is 7.46. The summed E-state index contributed by atoms with van der Waals surface area (Å²) in [7, 11) is -3.51. The van der Waals surface area contributed by atoms with Gasteiger partial charge in [-0.15, -0.1) is 0 Å². The van der Waals surface area contributed by atoms with E-state index in [-0.39, 0.29) is 4.90 Å². The van der Waals surface area contributed by atoms with Crippen molar-refractivity contribution in [3.05, 3.63) is 28.2 Å². The Morgan fingerprint density at radius 2 is 1.94 bits per heavy atom. The van der Waals surface area contributed by atoms with Gasteiger partial charge in [0.1, 0.15) is 0 Å². The summed E-state index contributed by atoms with van der Waals surface area (Å²) in [5, 5.41) is 0. The van der Waals surface area contributed by atoms with E-state index in [1.54, 1.807) is 39.0 Å². The summed E-state index contributed by atoms with van der Waals surface area (Å²) >= 11 is 3.26. The van der Waals surface area contributed by atoms with Crippen LogP contribution in [0.15, 0.2) is 27.6 Å². The van der Waals surface area contributed by atoms with Crippen LogP contribution in [0.3, 0.4) is 0 Å². The van der Waals surface area contributed by atoms with E-state index >= 15 is 0 Å². The molecule has 0 bridgehead atoms. The first-order chi connectivity index (χ1) is 7.65. The fourth-order valence-electron chi connectivity index (χ4n) is 1.35. The molecule has 0 saturated carbocycles. The van der Waals surface area contributed by atoms with E-state index in [2.05, 4.69) is 20.7 Å². The van der Waals surface area contributed by atoms with E-state index in [0.29, 0.717) is 11.0 Å². The van der Waals surface area contributed by atoms with E-state index in [9.17, 15) is 8.42 Å². The van der Waals surface area contributed by atoms with Gasteiger partial charge in [0, 0.05) is 16.6 Å². The van der Waals surface area contributed by atoms with E-state index in [4.69, 9.17) is 5.73 Å². The van der Waals surface area contributed by atoms with E-state index in [1.165, 1.54) is 0 Å². The summed E-state index contributed by atoms with van der Waals surface area (Å²) < 4.78 is 27.3. The quantitative estimate of drug-likeness (QED) is 0.894. The number of benzene rings is 1. The van der Waals surface area contributed by atoms with Crippen molar-refractivity contribution in [1.29, 1.82) is 0 Å². The first-order valence-electron chi connectivity index (χ1n) is 5.18. The second-order valence-corrected chi connectivity index (χ2v) is 7.33. The molecule has 3 N–H and O–H groups in total. The summed E-state index contributed by atoms with van der Waals surface area (Å²) in [6, 6.07) is 4.99. The zero-order valence-electron chi connectivity index (χ0n) is 10.1. The number of halogens is 1. The van der Waals surface area contributed by atoms with Crippen LogP contribution in [0, 0.1) is 0 Å². The molecule has 17 heavy (non-hydrogen) atoms. The topological polar surface area (TPSA) is 72.2 Å². The lowest BCUT2D eigenvalue weighted by Crippen LogP contribution is -2.40. The molecule has 0 aliphatic carbocycles. The summed E-state index contributed by atoms with van der Waals surface area (Å²) in [5.41, 5.74) is 5.87. The van der Waals surface area contributed by atoms with Crippen LogP contribution in [0.25, 0.3) is 0 Å². The minimum absolute atomic E-state index is 0.227. The molecule has 0 aliphatic rings. The number of nitrogens with two attached hydrogens (primary N) is 1. The Kier molecular flexibility index (Phi) is 4.35. The van der Waals surface area contributed by atoms with E-state index in [0.717, 1.165) is 5.56 Å². The number of nitrogens with one attached hydrogen (secondary N) is 1. The van der Waals surface area contributed by atoms with Gasteiger partial charge in [-0.05, 0) is 54.4 Å². The Hall–Kier alpha value is -0.430. The maximum Gasteiger partial charge on any atom is 0.242 e. The molecule has 1 aromatic rings. The van der Waals surface area contributed by atoms with Crippen molar-refractivity contribution < 1.29 is 8.42 Å². The average Bonchev–Trinajstić information content (AvgIpc) is 2.13. The largest absolute Gasteiger partial charge is 0.326 e. The summed E-state index contributed by atoms with van der Waals surface area (Å²) in [5.74, 6) is 0. The zero-order chi connectivity index (χ0) is 13.3. The van der Waals surface area contributed by atoms with Gasteiger partial charge in [0.05, 0.1) is 4.90 Å². The van der Waals surface area contributed by atoms with Crippen LogP contribution in [0.2, 0.25) is 0 Å². The highest BCUT2D eigenvalue weighted by Gasteiger charge is 2.23. The Labute approximate surface area is 111 Å². The van der Waals surface area contributed by atoms with Crippen LogP contribution >= 0.6 is 15.9 Å². The molecule has 0 radical (unpaired) electrons. The Bertz CT molecular complexity index is 507. The van der Waals surface area contributed by atoms with Crippen LogP contribution in [-0.4, -0.2) is 14.0 Å². The van der Waals surface area contributed by atoms with Crippen LogP contribution in [0.4, 0.5) is 0 Å². The molecule has 0 atom stereocenters. The Morgan fingerprint density at radius 1 is 1.35 bits per heavy atom. The molecule has 96 valence electrons. The lowest BCUT2D eigenvalue weighted by molar-refractivity contribution is 0.491. The van der Waals surface area contributed by atoms with Crippen molar-refractivity contribution in [2.24, 2.45) is 5.73 Å². The van der Waals surface area contributed by atoms with Gasteiger partial charge in [0.2, 0.25) is 10.0 Å². The lowest BCUT2D eigenvalue weighted by Gasteiger charge is -2.21. The molecule has 6 heteroatoms. The van der Waals surface area contributed by atoms with Crippen LogP contribution in [-0.2, 0) is 16.6 Å². The number of hydrogen-bond donors (Lipinski definition) is 2. The predicted molar refractivity (Wildman–Crippen MR) is 72.1 cm³/mol. The maximum absolute atomic E-state index is 12.1. The second kappa shape index (κ2) is 5.06. The van der Waals surface area contributed by atoms with Crippen LogP contribution < -0.4 is 10.5 Å². The smallest absolute Gasteiger partial charge is 0.242 e. The molecular formula is C11H17BrN2O2S. The van der Waals surface area contributed by atoms with Crippen molar-refractivity contribution >= 4 is 26.0 Å². The fraction of sp³-hybridized carbons (Fsp3) is 0.455. The second-order valence-electron chi connectivity index (χ2n) is 4.82. The molecule has 1 rings (SSSR count). The Morgan fingerprint density at radius 3 is 2.35 bits per heavy atom. The van der Waals surface area contributed by atoms with Gasteiger partial charge >= 0.3 is 0 Å². The van der Waals surface area contributed by atoms with Crippen molar-refractivity contribution in [2.45, 2.75) is 37.8 Å². The molecule has 0 fully saturated rings. The molecule has 4 nitrogen and oxygen atoms in total. The van der Waals surface area contributed by atoms with E-state index in [1.807, 2.05) is 0 Å². The summed E-state index contributed by atoms with van der Waals surface area (Å²) in [6.45, 7) is 5.78. The van der Waals surface area contributed by atoms with Gasteiger partial charge in [0.25, 0.3) is 0 Å². The van der Waals surface area contributed by atoms with Crippen molar-refractivity contribution in [3.63, 3.8) is 0 Å². The molecule has 0 unspecified atom stereocenters. The highest BCUT2D eigenvalue weighted by atomic mass is 79.9. The maximum atomic E-state index is 12.1. The summed E-state index contributed by atoms with van der Waals surface area (Å²) in [4.78, 5) is 0.227.